The molecule has 1 amide bonds. The molecule has 2 aromatic heterocycles. The summed E-state index contributed by atoms with van der Waals surface area (Å²) in [6, 6.07) is 12.7. The first-order chi connectivity index (χ1) is 17.1. The van der Waals surface area contributed by atoms with Crippen molar-refractivity contribution in [2.24, 2.45) is 0 Å². The lowest BCUT2D eigenvalue weighted by molar-refractivity contribution is 0.0937. The monoisotopic (exact) mass is 477 g/mol. The van der Waals surface area contributed by atoms with Gasteiger partial charge in [0.1, 0.15) is 11.3 Å². The molecule has 10 heteroatoms. The third-order valence-electron chi connectivity index (χ3n) is 5.32. The van der Waals surface area contributed by atoms with Crippen LogP contribution >= 0.6 is 0 Å². The van der Waals surface area contributed by atoms with Gasteiger partial charge in [0, 0.05) is 48.8 Å². The lowest BCUT2D eigenvalue weighted by Gasteiger charge is -2.15. The largest absolute Gasteiger partial charge is 0.493 e. The fraction of sp³-hybridized carbons (Fsp3) is 0.240. The zero-order chi connectivity index (χ0) is 24.8. The normalized spacial score (nSPS) is 10.7. The fourth-order valence-electron chi connectivity index (χ4n) is 3.63. The Labute approximate surface area is 202 Å². The molecular weight excluding hydrogens is 450 g/mol. The molecule has 35 heavy (non-hydrogen) atoms. The van der Waals surface area contributed by atoms with Crippen LogP contribution in [0.3, 0.4) is 0 Å². The van der Waals surface area contributed by atoms with Crippen molar-refractivity contribution in [2.75, 3.05) is 46.9 Å². The number of aromatic amines is 1. The van der Waals surface area contributed by atoms with E-state index >= 15 is 0 Å². The summed E-state index contributed by atoms with van der Waals surface area (Å²) in [5, 5.41) is 6.11. The number of benzene rings is 2. The Hall–Kier alpha value is -4.31. The number of nitrogens with one attached hydrogen (secondary N) is 3. The predicted molar refractivity (Wildman–Crippen MR) is 133 cm³/mol. The maximum atomic E-state index is 12.4. The molecule has 0 radical (unpaired) electrons. The van der Waals surface area contributed by atoms with Crippen LogP contribution in [0, 0.1) is 0 Å². The minimum Gasteiger partial charge on any atom is -0.493 e. The van der Waals surface area contributed by atoms with Crippen molar-refractivity contribution < 1.29 is 23.7 Å². The van der Waals surface area contributed by atoms with Crippen LogP contribution in [0.4, 0.5) is 11.5 Å². The van der Waals surface area contributed by atoms with Crippen LogP contribution in [0.5, 0.6) is 17.2 Å². The van der Waals surface area contributed by atoms with Crippen LogP contribution in [0.2, 0.25) is 0 Å². The molecule has 182 valence electrons. The maximum Gasteiger partial charge on any atom is 0.251 e. The Balaban J connectivity index is 1.65. The number of ether oxygens (including phenoxy) is 4. The minimum atomic E-state index is -0.175. The number of anilines is 2. The molecule has 0 aliphatic rings. The summed E-state index contributed by atoms with van der Waals surface area (Å²) in [6.07, 6.45) is 1.68. The number of aromatic nitrogens is 3. The molecule has 0 spiro atoms. The molecule has 10 nitrogen and oxygen atoms in total. The summed E-state index contributed by atoms with van der Waals surface area (Å²) in [5.74, 6) is 2.53. The van der Waals surface area contributed by atoms with E-state index in [0.29, 0.717) is 58.8 Å². The summed E-state index contributed by atoms with van der Waals surface area (Å²) in [6.45, 7) is 0.884. The number of imidazole rings is 1. The molecule has 0 unspecified atom stereocenters. The molecule has 0 aliphatic carbocycles. The van der Waals surface area contributed by atoms with Gasteiger partial charge in [-0.25, -0.2) is 9.97 Å². The number of pyridine rings is 1. The second-order valence-electron chi connectivity index (χ2n) is 7.51. The van der Waals surface area contributed by atoms with E-state index in [2.05, 4.69) is 20.6 Å². The summed E-state index contributed by atoms with van der Waals surface area (Å²) in [4.78, 5) is 25.0. The number of fused-ring (bicyclic) bond motifs is 1. The van der Waals surface area contributed by atoms with Gasteiger partial charge in [0.25, 0.3) is 5.91 Å². The lowest BCUT2D eigenvalue weighted by Crippen LogP contribution is -2.26. The molecule has 0 aliphatic heterocycles. The van der Waals surface area contributed by atoms with Gasteiger partial charge in [-0.05, 0) is 18.2 Å². The molecule has 2 aromatic carbocycles. The summed E-state index contributed by atoms with van der Waals surface area (Å²) in [5.41, 5.74) is 3.44. The first-order valence-electron chi connectivity index (χ1n) is 10.9. The Morgan fingerprint density at radius 3 is 2.46 bits per heavy atom. The Morgan fingerprint density at radius 2 is 1.77 bits per heavy atom. The highest BCUT2D eigenvalue weighted by atomic mass is 16.5. The van der Waals surface area contributed by atoms with Gasteiger partial charge in [-0.1, -0.05) is 12.1 Å². The van der Waals surface area contributed by atoms with Crippen molar-refractivity contribution in [2.45, 2.75) is 0 Å². The Kier molecular flexibility index (Phi) is 7.32. The van der Waals surface area contributed by atoms with Crippen LogP contribution in [0.15, 0.2) is 48.7 Å². The smallest absolute Gasteiger partial charge is 0.251 e. The van der Waals surface area contributed by atoms with E-state index in [9.17, 15) is 4.79 Å². The fourth-order valence-corrected chi connectivity index (χ4v) is 3.63. The van der Waals surface area contributed by atoms with Gasteiger partial charge in [0.15, 0.2) is 17.3 Å². The highest BCUT2D eigenvalue weighted by molar-refractivity contribution is 5.96. The number of hydrogen-bond donors (Lipinski definition) is 3. The molecule has 0 atom stereocenters. The Morgan fingerprint density at radius 1 is 1.00 bits per heavy atom. The summed E-state index contributed by atoms with van der Waals surface area (Å²) in [7, 11) is 6.27. The molecular formula is C25H27N5O5. The van der Waals surface area contributed by atoms with E-state index in [4.69, 9.17) is 23.9 Å². The lowest BCUT2D eigenvalue weighted by atomic mass is 10.1. The SMILES string of the molecule is COCCNC(=O)c1cccc(-c2nc3c(Nc4cc(OC)c(OC)c(OC)c4)nccc3[nH]2)c1. The molecule has 2 heterocycles. The van der Waals surface area contributed by atoms with E-state index in [1.165, 1.54) is 0 Å². The van der Waals surface area contributed by atoms with Crippen LogP contribution in [-0.4, -0.2) is 62.4 Å². The first kappa shape index (κ1) is 23.8. The van der Waals surface area contributed by atoms with E-state index < -0.39 is 0 Å². The average molecular weight is 478 g/mol. The highest BCUT2D eigenvalue weighted by Crippen LogP contribution is 2.41. The molecule has 0 saturated carbocycles. The van der Waals surface area contributed by atoms with Gasteiger partial charge < -0.3 is 34.6 Å². The zero-order valence-corrected chi connectivity index (χ0v) is 20.0. The summed E-state index contributed by atoms with van der Waals surface area (Å²) < 4.78 is 21.3. The molecule has 3 N–H and O–H groups in total. The van der Waals surface area contributed by atoms with Crippen molar-refractivity contribution in [3.05, 3.63) is 54.2 Å². The van der Waals surface area contributed by atoms with Crippen molar-refractivity contribution in [3.63, 3.8) is 0 Å². The second kappa shape index (κ2) is 10.7. The number of carbonyl (C=O) groups excluding carboxylic acids is 1. The van der Waals surface area contributed by atoms with Crippen molar-refractivity contribution in [3.8, 4) is 28.6 Å². The third-order valence-corrected chi connectivity index (χ3v) is 5.32. The second-order valence-corrected chi connectivity index (χ2v) is 7.51. The summed E-state index contributed by atoms with van der Waals surface area (Å²) >= 11 is 0. The van der Waals surface area contributed by atoms with Gasteiger partial charge >= 0.3 is 0 Å². The highest BCUT2D eigenvalue weighted by Gasteiger charge is 2.16. The van der Waals surface area contributed by atoms with Gasteiger partial charge in [0.2, 0.25) is 5.75 Å². The number of rotatable bonds is 10. The van der Waals surface area contributed by atoms with Crippen LogP contribution in [0.25, 0.3) is 22.4 Å². The molecule has 0 fully saturated rings. The molecule has 4 rings (SSSR count). The number of carbonyl (C=O) groups is 1. The van der Waals surface area contributed by atoms with Crippen molar-refractivity contribution >= 4 is 28.4 Å². The van der Waals surface area contributed by atoms with Crippen LogP contribution in [0.1, 0.15) is 10.4 Å². The van der Waals surface area contributed by atoms with E-state index in [1.807, 2.05) is 18.2 Å². The van der Waals surface area contributed by atoms with Crippen molar-refractivity contribution in [1.82, 2.24) is 20.3 Å². The molecule has 0 saturated heterocycles. The van der Waals surface area contributed by atoms with Gasteiger partial charge in [-0.3, -0.25) is 4.79 Å². The zero-order valence-electron chi connectivity index (χ0n) is 20.0. The average Bonchev–Trinajstić information content (AvgIpc) is 3.34. The number of amides is 1. The van der Waals surface area contributed by atoms with Crippen molar-refractivity contribution in [1.29, 1.82) is 0 Å². The van der Waals surface area contributed by atoms with E-state index in [1.54, 1.807) is 58.9 Å². The van der Waals surface area contributed by atoms with Gasteiger partial charge in [-0.2, -0.15) is 0 Å². The maximum absolute atomic E-state index is 12.4. The minimum absolute atomic E-state index is 0.175. The van der Waals surface area contributed by atoms with E-state index in [0.717, 1.165) is 11.1 Å². The Bertz CT molecular complexity index is 1310. The molecule has 0 bridgehead atoms. The number of methoxy groups -OCH3 is 4. The molecule has 4 aromatic rings. The quantitative estimate of drug-likeness (QED) is 0.295. The van der Waals surface area contributed by atoms with Gasteiger partial charge in [0.05, 0.1) is 33.5 Å². The van der Waals surface area contributed by atoms with Gasteiger partial charge in [-0.15, -0.1) is 0 Å². The number of H-pyrrole nitrogens is 1. The van der Waals surface area contributed by atoms with Crippen LogP contribution < -0.4 is 24.8 Å². The topological polar surface area (TPSA) is 120 Å². The van der Waals surface area contributed by atoms with Crippen LogP contribution in [-0.2, 0) is 4.74 Å². The standard InChI is InChI=1S/C25H27N5O5/c1-32-11-10-27-25(31)16-7-5-6-15(12-16)23-29-18-8-9-26-24(21(18)30-23)28-17-13-19(33-2)22(35-4)20(14-17)34-3/h5-9,12-14H,10-11H2,1-4H3,(H,26,28)(H,27,31)(H,29,30). The predicted octanol–water partition coefficient (Wildman–Crippen LogP) is 3.77. The third kappa shape index (κ3) is 5.12. The number of nitrogens with zero attached hydrogens (tertiary/aromatic N) is 2. The van der Waals surface area contributed by atoms with E-state index in [-0.39, 0.29) is 5.91 Å². The number of hydrogen-bond acceptors (Lipinski definition) is 8. The first-order valence-corrected chi connectivity index (χ1v) is 10.9.